The summed E-state index contributed by atoms with van der Waals surface area (Å²) in [4.78, 5) is 42.0. The van der Waals surface area contributed by atoms with Gasteiger partial charge in [-0.2, -0.15) is 18.2 Å². The van der Waals surface area contributed by atoms with Gasteiger partial charge in [0, 0.05) is 25.3 Å². The first-order valence-electron chi connectivity index (χ1n) is 11.2. The molecule has 2 aromatic rings. The molecule has 2 heterocycles. The van der Waals surface area contributed by atoms with Crippen LogP contribution in [0.3, 0.4) is 0 Å². The molecule has 1 unspecified atom stereocenters. The molecular formula is C25H24F3N3O5. The van der Waals surface area contributed by atoms with Crippen LogP contribution in [0.5, 0.6) is 0 Å². The molecule has 1 atom stereocenters. The van der Waals surface area contributed by atoms with Crippen molar-refractivity contribution in [1.29, 1.82) is 0 Å². The van der Waals surface area contributed by atoms with Crippen LogP contribution in [0.1, 0.15) is 25.0 Å². The zero-order valence-corrected chi connectivity index (χ0v) is 20.0. The number of hydrogen-bond donors (Lipinski definition) is 0. The lowest BCUT2D eigenvalue weighted by molar-refractivity contribution is -0.143. The van der Waals surface area contributed by atoms with Crippen molar-refractivity contribution in [3.05, 3.63) is 70.9 Å². The number of nitrogens with zero attached hydrogens (tertiary/aromatic N) is 3. The highest BCUT2D eigenvalue weighted by Crippen LogP contribution is 2.54. The minimum absolute atomic E-state index is 0.0323. The Morgan fingerprint density at radius 2 is 1.50 bits per heavy atom. The van der Waals surface area contributed by atoms with E-state index in [9.17, 15) is 27.6 Å². The second-order valence-corrected chi connectivity index (χ2v) is 8.12. The zero-order valence-electron chi connectivity index (χ0n) is 20.0. The first-order valence-corrected chi connectivity index (χ1v) is 11.2. The van der Waals surface area contributed by atoms with Gasteiger partial charge in [-0.3, -0.25) is 9.69 Å². The number of carbonyl (C=O) groups excluding carboxylic acids is 3. The third-order valence-corrected chi connectivity index (χ3v) is 6.31. The van der Waals surface area contributed by atoms with E-state index in [1.807, 2.05) is 0 Å². The van der Waals surface area contributed by atoms with E-state index in [0.717, 1.165) is 29.2 Å². The van der Waals surface area contributed by atoms with Gasteiger partial charge >= 0.3 is 18.1 Å². The highest BCUT2D eigenvalue weighted by molar-refractivity contribution is 6.24. The maximum atomic E-state index is 14.3. The molecule has 190 valence electrons. The highest BCUT2D eigenvalue weighted by atomic mass is 19.4. The molecular weight excluding hydrogens is 479 g/mol. The molecule has 4 rings (SSSR count). The number of alkyl halides is 3. The summed E-state index contributed by atoms with van der Waals surface area (Å²) in [6, 6.07) is 10.6. The number of amides is 1. The zero-order chi connectivity index (χ0) is 26.4. The third-order valence-electron chi connectivity index (χ3n) is 6.31. The largest absolute Gasteiger partial charge is 0.462 e. The molecule has 0 fully saturated rings. The van der Waals surface area contributed by atoms with E-state index >= 15 is 0 Å². The standard InChI is InChI=1S/C25H24F3N3O5/c1-5-35-21(32)19-20(22(33)36-6-2)31(16-13-11-15(12-14-16)25(26,27)28)23(34)24(19)17-9-7-8-10-18(17)29(3)30(24)4/h7-14H,5-6H2,1-4H3. The van der Waals surface area contributed by atoms with Crippen LogP contribution in [0.25, 0.3) is 0 Å². The van der Waals surface area contributed by atoms with E-state index in [1.165, 1.54) is 5.01 Å². The van der Waals surface area contributed by atoms with Crippen molar-refractivity contribution in [2.75, 3.05) is 37.2 Å². The predicted octanol–water partition coefficient (Wildman–Crippen LogP) is 3.62. The van der Waals surface area contributed by atoms with Crippen LogP contribution in [-0.2, 0) is 35.6 Å². The Morgan fingerprint density at radius 1 is 0.917 bits per heavy atom. The van der Waals surface area contributed by atoms with Crippen molar-refractivity contribution in [2.24, 2.45) is 0 Å². The smallest absolute Gasteiger partial charge is 0.416 e. The van der Waals surface area contributed by atoms with Crippen LogP contribution in [0.4, 0.5) is 24.5 Å². The van der Waals surface area contributed by atoms with Crippen LogP contribution in [0.2, 0.25) is 0 Å². The maximum absolute atomic E-state index is 14.3. The number of ether oxygens (including phenoxy) is 2. The number of carbonyl (C=O) groups is 3. The maximum Gasteiger partial charge on any atom is 0.416 e. The molecule has 8 nitrogen and oxygen atoms in total. The summed E-state index contributed by atoms with van der Waals surface area (Å²) in [5, 5.41) is 3.17. The number of hydrogen-bond acceptors (Lipinski definition) is 7. The van der Waals surface area contributed by atoms with Crippen molar-refractivity contribution < 1.29 is 37.0 Å². The summed E-state index contributed by atoms with van der Waals surface area (Å²) < 4.78 is 50.1. The van der Waals surface area contributed by atoms with Crippen molar-refractivity contribution in [2.45, 2.75) is 25.6 Å². The Morgan fingerprint density at radius 3 is 2.08 bits per heavy atom. The van der Waals surface area contributed by atoms with E-state index < -0.39 is 40.8 Å². The van der Waals surface area contributed by atoms with Gasteiger partial charge in [0.15, 0.2) is 5.54 Å². The normalized spacial score (nSPS) is 19.8. The Balaban J connectivity index is 2.04. The molecule has 1 spiro atoms. The second kappa shape index (κ2) is 8.98. The third kappa shape index (κ3) is 3.53. The lowest BCUT2D eigenvalue weighted by Crippen LogP contribution is -2.54. The summed E-state index contributed by atoms with van der Waals surface area (Å²) in [7, 11) is 3.27. The number of fused-ring (bicyclic) bond motifs is 2. The van der Waals surface area contributed by atoms with Gasteiger partial charge in [-0.05, 0) is 44.2 Å². The lowest BCUT2D eigenvalue weighted by Gasteiger charge is -2.35. The number of esters is 2. The number of benzene rings is 2. The van der Waals surface area contributed by atoms with E-state index in [-0.39, 0.29) is 24.5 Å². The minimum atomic E-state index is -4.60. The molecule has 2 aromatic carbocycles. The number of hydrazine groups is 1. The molecule has 11 heteroatoms. The summed E-state index contributed by atoms with van der Waals surface area (Å²) in [5.41, 5.74) is -2.43. The van der Waals surface area contributed by atoms with Crippen LogP contribution >= 0.6 is 0 Å². The second-order valence-electron chi connectivity index (χ2n) is 8.12. The van der Waals surface area contributed by atoms with Crippen molar-refractivity contribution in [3.8, 4) is 0 Å². The molecule has 2 aliphatic heterocycles. The molecule has 36 heavy (non-hydrogen) atoms. The highest BCUT2D eigenvalue weighted by Gasteiger charge is 2.66. The van der Waals surface area contributed by atoms with E-state index in [1.54, 1.807) is 57.2 Å². The molecule has 0 bridgehead atoms. The summed E-state index contributed by atoms with van der Waals surface area (Å²) in [6.07, 6.45) is -4.60. The number of rotatable bonds is 5. The van der Waals surface area contributed by atoms with E-state index in [0.29, 0.717) is 11.3 Å². The predicted molar refractivity (Wildman–Crippen MR) is 124 cm³/mol. The Bertz CT molecular complexity index is 1260. The summed E-state index contributed by atoms with van der Waals surface area (Å²) >= 11 is 0. The number of anilines is 2. The first kappa shape index (κ1) is 25.2. The van der Waals surface area contributed by atoms with Gasteiger partial charge in [-0.15, -0.1) is 0 Å². The van der Waals surface area contributed by atoms with Crippen LogP contribution < -0.4 is 9.91 Å². The fraction of sp³-hybridized carbons (Fsp3) is 0.320. The average Bonchev–Trinajstić information content (AvgIpc) is 3.24. The fourth-order valence-electron chi connectivity index (χ4n) is 4.71. The van der Waals surface area contributed by atoms with Gasteiger partial charge in [0.2, 0.25) is 0 Å². The topological polar surface area (TPSA) is 79.4 Å². The van der Waals surface area contributed by atoms with E-state index in [4.69, 9.17) is 9.47 Å². The van der Waals surface area contributed by atoms with Gasteiger partial charge in [0.1, 0.15) is 11.3 Å². The monoisotopic (exact) mass is 503 g/mol. The molecule has 0 saturated carbocycles. The Labute approximate surface area is 205 Å². The molecule has 0 aliphatic carbocycles. The molecule has 0 saturated heterocycles. The number of halogens is 3. The SMILES string of the molecule is CCOC(=O)C1=C(C(=O)OCC)C2(C(=O)N1c1ccc(C(F)(F)F)cc1)c1ccccc1N(C)N2C. The molecule has 2 aliphatic rings. The van der Waals surface area contributed by atoms with Gasteiger partial charge in [0.05, 0.1) is 24.5 Å². The van der Waals surface area contributed by atoms with Gasteiger partial charge in [0.25, 0.3) is 5.91 Å². The van der Waals surface area contributed by atoms with Gasteiger partial charge in [-0.25, -0.2) is 9.59 Å². The quantitative estimate of drug-likeness (QED) is 0.577. The molecule has 1 amide bonds. The van der Waals surface area contributed by atoms with Gasteiger partial charge in [-0.1, -0.05) is 18.2 Å². The fourth-order valence-corrected chi connectivity index (χ4v) is 4.71. The lowest BCUT2D eigenvalue weighted by atomic mass is 9.83. The summed E-state index contributed by atoms with van der Waals surface area (Å²) in [6.45, 7) is 3.04. The van der Waals surface area contributed by atoms with Crippen LogP contribution in [0, 0.1) is 0 Å². The van der Waals surface area contributed by atoms with Crippen LogP contribution in [-0.4, -0.2) is 50.2 Å². The minimum Gasteiger partial charge on any atom is -0.462 e. The molecule has 0 aromatic heterocycles. The molecule has 0 N–H and O–H groups in total. The summed E-state index contributed by atoms with van der Waals surface area (Å²) in [5.74, 6) is -2.63. The van der Waals surface area contributed by atoms with Crippen molar-refractivity contribution >= 4 is 29.2 Å². The average molecular weight is 503 g/mol. The van der Waals surface area contributed by atoms with Crippen LogP contribution in [0.15, 0.2) is 59.8 Å². The first-order chi connectivity index (χ1) is 17.0. The van der Waals surface area contributed by atoms with Crippen molar-refractivity contribution in [1.82, 2.24) is 5.01 Å². The number of para-hydroxylation sites is 1. The van der Waals surface area contributed by atoms with Gasteiger partial charge < -0.3 is 14.5 Å². The molecule has 0 radical (unpaired) electrons. The Kier molecular flexibility index (Phi) is 6.29. The number of likely N-dealkylation sites (N-methyl/N-ethyl adjacent to an activating group) is 1. The van der Waals surface area contributed by atoms with E-state index in [2.05, 4.69) is 0 Å². The Hall–Kier alpha value is -3.86. The van der Waals surface area contributed by atoms with Crippen molar-refractivity contribution in [3.63, 3.8) is 0 Å².